The molecule has 0 atom stereocenters. The van der Waals surface area contributed by atoms with E-state index in [2.05, 4.69) is 15.4 Å². The summed E-state index contributed by atoms with van der Waals surface area (Å²) in [5.41, 5.74) is 3.23. The number of oxime groups is 1. The van der Waals surface area contributed by atoms with Crippen molar-refractivity contribution < 1.29 is 28.0 Å². The number of carboxylic acid groups (broad SMARTS) is 1. The fraction of sp³-hybridized carbons (Fsp3) is 0.375. The van der Waals surface area contributed by atoms with E-state index in [1.165, 1.54) is 27.9 Å². The van der Waals surface area contributed by atoms with Crippen molar-refractivity contribution in [2.45, 2.75) is 37.3 Å². The van der Waals surface area contributed by atoms with Crippen LogP contribution in [0.25, 0.3) is 11.1 Å². The van der Waals surface area contributed by atoms with Crippen LogP contribution in [0.5, 0.6) is 0 Å². The van der Waals surface area contributed by atoms with Crippen LogP contribution in [0.1, 0.15) is 30.5 Å². The van der Waals surface area contributed by atoms with Crippen molar-refractivity contribution in [2.24, 2.45) is 5.16 Å². The molecule has 2 aliphatic rings. The highest BCUT2D eigenvalue weighted by molar-refractivity contribution is 7.89. The average Bonchev–Trinajstić information content (AvgIpc) is 3.12. The second-order valence-corrected chi connectivity index (χ2v) is 11.6. The van der Waals surface area contributed by atoms with E-state index >= 15 is 0 Å². The number of benzene rings is 2. The number of rotatable bonds is 6. The molecular weight excluding hydrogens is 508 g/mol. The van der Waals surface area contributed by atoms with E-state index in [-0.39, 0.29) is 23.0 Å². The number of carbonyl (C=O) groups is 2. The van der Waals surface area contributed by atoms with Crippen LogP contribution >= 0.6 is 12.4 Å². The van der Waals surface area contributed by atoms with Gasteiger partial charge in [-0.15, -0.1) is 12.4 Å². The van der Waals surface area contributed by atoms with Crippen LogP contribution in [0, 0.1) is 0 Å². The lowest BCUT2D eigenvalue weighted by molar-refractivity contribution is -0.161. The number of sulfonamides is 1. The SMILES string of the molecule is CN1CCc2c(-c3ccc(S(=O)(=O)N(C)C)cc3)cc3c(c2C1)NC(=O)C3=NOC(C)(C)C(=O)O.Cl. The van der Waals surface area contributed by atoms with E-state index < -0.39 is 27.5 Å². The molecule has 0 saturated carbocycles. The molecule has 0 unspecified atom stereocenters. The van der Waals surface area contributed by atoms with Crippen LogP contribution in [0.3, 0.4) is 0 Å². The molecule has 2 heterocycles. The molecule has 10 nitrogen and oxygen atoms in total. The van der Waals surface area contributed by atoms with Crippen molar-refractivity contribution in [3.05, 3.63) is 47.0 Å². The highest BCUT2D eigenvalue weighted by Gasteiger charge is 2.36. The normalized spacial score (nSPS) is 16.8. The Bertz CT molecular complexity index is 1350. The van der Waals surface area contributed by atoms with Crippen LogP contribution in [0.4, 0.5) is 5.69 Å². The fourth-order valence-electron chi connectivity index (χ4n) is 4.08. The molecule has 2 aliphatic heterocycles. The number of hydrogen-bond acceptors (Lipinski definition) is 7. The second-order valence-electron chi connectivity index (χ2n) is 9.40. The van der Waals surface area contributed by atoms with Crippen LogP contribution in [0.15, 0.2) is 40.4 Å². The van der Waals surface area contributed by atoms with E-state index in [0.717, 1.165) is 39.5 Å². The molecule has 1 amide bonds. The van der Waals surface area contributed by atoms with Crippen molar-refractivity contribution in [3.63, 3.8) is 0 Å². The molecule has 12 heteroatoms. The summed E-state index contributed by atoms with van der Waals surface area (Å²) in [6.45, 7) is 4.14. The van der Waals surface area contributed by atoms with Gasteiger partial charge in [0, 0.05) is 32.7 Å². The molecule has 0 spiro atoms. The van der Waals surface area contributed by atoms with E-state index in [4.69, 9.17) is 4.84 Å². The van der Waals surface area contributed by atoms with Crippen LogP contribution in [-0.4, -0.2) is 73.6 Å². The Kier molecular flexibility index (Phi) is 7.52. The zero-order chi connectivity index (χ0) is 25.7. The third-order valence-electron chi connectivity index (χ3n) is 6.25. The molecule has 0 fully saturated rings. The first-order valence-electron chi connectivity index (χ1n) is 11.0. The van der Waals surface area contributed by atoms with E-state index in [1.807, 2.05) is 13.1 Å². The minimum atomic E-state index is -3.57. The van der Waals surface area contributed by atoms with Gasteiger partial charge in [-0.1, -0.05) is 17.3 Å². The smallest absolute Gasteiger partial charge is 0.350 e. The van der Waals surface area contributed by atoms with E-state index in [0.29, 0.717) is 17.8 Å². The quantitative estimate of drug-likeness (QED) is 0.543. The van der Waals surface area contributed by atoms with Gasteiger partial charge < -0.3 is 20.2 Å². The predicted molar refractivity (Wildman–Crippen MR) is 138 cm³/mol. The minimum Gasteiger partial charge on any atom is -0.478 e. The lowest BCUT2D eigenvalue weighted by Crippen LogP contribution is -2.33. The van der Waals surface area contributed by atoms with Gasteiger partial charge in [-0.3, -0.25) is 4.79 Å². The first-order chi connectivity index (χ1) is 16.3. The lowest BCUT2D eigenvalue weighted by atomic mass is 9.87. The molecular formula is C24H29ClN4O6S. The summed E-state index contributed by atoms with van der Waals surface area (Å²) in [6.07, 6.45) is 0.747. The van der Waals surface area contributed by atoms with Crippen LogP contribution in [0.2, 0.25) is 0 Å². The van der Waals surface area contributed by atoms with Crippen molar-refractivity contribution in [3.8, 4) is 11.1 Å². The van der Waals surface area contributed by atoms with Gasteiger partial charge in [0.2, 0.25) is 15.6 Å². The Morgan fingerprint density at radius 3 is 2.39 bits per heavy atom. The first-order valence-corrected chi connectivity index (χ1v) is 12.5. The zero-order valence-electron chi connectivity index (χ0n) is 20.7. The molecule has 2 aromatic carbocycles. The molecule has 0 aromatic heterocycles. The second kappa shape index (κ2) is 9.81. The van der Waals surface area contributed by atoms with E-state index in [1.54, 1.807) is 24.3 Å². The lowest BCUT2D eigenvalue weighted by Gasteiger charge is -2.29. The number of likely N-dealkylation sites (N-methyl/N-ethyl adjacent to an activating group) is 1. The molecule has 4 rings (SSSR count). The summed E-state index contributed by atoms with van der Waals surface area (Å²) >= 11 is 0. The van der Waals surface area contributed by atoms with Gasteiger partial charge in [-0.05, 0) is 67.8 Å². The Balaban J connectivity index is 0.00000361. The third-order valence-corrected chi connectivity index (χ3v) is 8.08. The summed E-state index contributed by atoms with van der Waals surface area (Å²) in [5.74, 6) is -1.68. The molecule has 0 saturated heterocycles. The summed E-state index contributed by atoms with van der Waals surface area (Å²) in [7, 11) is 1.39. The number of anilines is 1. The van der Waals surface area contributed by atoms with Gasteiger partial charge in [-0.25, -0.2) is 17.5 Å². The van der Waals surface area contributed by atoms with Crippen molar-refractivity contribution in [1.82, 2.24) is 9.21 Å². The number of amides is 1. The van der Waals surface area contributed by atoms with Gasteiger partial charge >= 0.3 is 5.97 Å². The Morgan fingerprint density at radius 1 is 1.17 bits per heavy atom. The summed E-state index contributed by atoms with van der Waals surface area (Å²) in [4.78, 5) is 31.8. The molecule has 36 heavy (non-hydrogen) atoms. The zero-order valence-corrected chi connectivity index (χ0v) is 22.3. The summed E-state index contributed by atoms with van der Waals surface area (Å²) < 4.78 is 26.1. The molecule has 0 aliphatic carbocycles. The number of aliphatic carboxylic acids is 1. The molecule has 0 radical (unpaired) electrons. The van der Waals surface area contributed by atoms with Crippen molar-refractivity contribution in [1.29, 1.82) is 0 Å². The third kappa shape index (κ3) is 4.83. The van der Waals surface area contributed by atoms with Gasteiger partial charge in [0.25, 0.3) is 5.91 Å². The van der Waals surface area contributed by atoms with Gasteiger partial charge in [-0.2, -0.15) is 0 Å². The first kappa shape index (κ1) is 27.6. The average molecular weight is 537 g/mol. The maximum Gasteiger partial charge on any atom is 0.350 e. The Labute approximate surface area is 216 Å². The highest BCUT2D eigenvalue weighted by atomic mass is 35.5. The minimum absolute atomic E-state index is 0. The van der Waals surface area contributed by atoms with Gasteiger partial charge in [0.05, 0.1) is 10.6 Å². The number of nitrogens with zero attached hydrogens (tertiary/aromatic N) is 3. The van der Waals surface area contributed by atoms with Gasteiger partial charge in [0.15, 0.2) is 5.71 Å². The fourth-order valence-corrected chi connectivity index (χ4v) is 4.98. The largest absolute Gasteiger partial charge is 0.478 e. The molecule has 2 N–H and O–H groups in total. The summed E-state index contributed by atoms with van der Waals surface area (Å²) in [5, 5.41) is 16.1. The van der Waals surface area contributed by atoms with Crippen molar-refractivity contribution >= 4 is 45.7 Å². The topological polar surface area (TPSA) is 129 Å². The number of carboxylic acids is 1. The molecule has 0 bridgehead atoms. The Morgan fingerprint density at radius 2 is 1.81 bits per heavy atom. The molecule has 194 valence electrons. The number of hydrogen-bond donors (Lipinski definition) is 2. The summed E-state index contributed by atoms with van der Waals surface area (Å²) in [6, 6.07) is 8.47. The van der Waals surface area contributed by atoms with Crippen LogP contribution in [-0.2, 0) is 37.4 Å². The van der Waals surface area contributed by atoms with Crippen molar-refractivity contribution in [2.75, 3.05) is 33.0 Å². The number of carbonyl (C=O) groups excluding carboxylic acids is 1. The van der Waals surface area contributed by atoms with Crippen LogP contribution < -0.4 is 5.32 Å². The Hall–Kier alpha value is -2.99. The monoisotopic (exact) mass is 536 g/mol. The number of halogens is 1. The highest BCUT2D eigenvalue weighted by Crippen LogP contribution is 2.40. The number of nitrogens with one attached hydrogen (secondary N) is 1. The molecule has 2 aromatic rings. The maximum atomic E-state index is 12.8. The standard InChI is InChI=1S/C24H28N4O6S.ClH/c1-24(2,23(30)31)34-26-21-18-12-17(14-6-8-15(9-7-14)35(32,33)27(3)4)16-10-11-28(5)13-19(16)20(18)25-22(21)29;/h6-9,12H,10-11,13H2,1-5H3,(H,30,31)(H,25,26,29);1H. The van der Waals surface area contributed by atoms with E-state index in [9.17, 15) is 23.1 Å². The predicted octanol–water partition coefficient (Wildman–Crippen LogP) is 2.55. The maximum absolute atomic E-state index is 12.8. The van der Waals surface area contributed by atoms with Gasteiger partial charge in [0.1, 0.15) is 0 Å². The number of fused-ring (bicyclic) bond motifs is 3.